The van der Waals surface area contributed by atoms with E-state index in [4.69, 9.17) is 10.5 Å². The molecule has 0 amide bonds. The van der Waals surface area contributed by atoms with Crippen LogP contribution >= 0.6 is 0 Å². The van der Waals surface area contributed by atoms with Crippen molar-refractivity contribution in [3.05, 3.63) is 23.8 Å². The molecule has 1 aromatic carbocycles. The molecule has 0 aliphatic carbocycles. The number of aliphatic hydroxyl groups is 2. The maximum absolute atomic E-state index is 9.60. The lowest BCUT2D eigenvalue weighted by molar-refractivity contribution is 0.0229. The van der Waals surface area contributed by atoms with E-state index in [9.17, 15) is 15.3 Å². The highest BCUT2D eigenvalue weighted by molar-refractivity contribution is 5.41. The van der Waals surface area contributed by atoms with Gasteiger partial charge in [0.2, 0.25) is 0 Å². The van der Waals surface area contributed by atoms with Crippen molar-refractivity contribution in [3.63, 3.8) is 0 Å². The van der Waals surface area contributed by atoms with Crippen molar-refractivity contribution >= 4 is 0 Å². The molecule has 0 bridgehead atoms. The van der Waals surface area contributed by atoms with Gasteiger partial charge in [0.15, 0.2) is 0 Å². The van der Waals surface area contributed by atoms with E-state index in [2.05, 4.69) is 0 Å². The highest BCUT2D eigenvalue weighted by Gasteiger charge is 2.20. The Bertz CT molecular complexity index is 329. The molecule has 0 aliphatic heterocycles. The van der Waals surface area contributed by atoms with Gasteiger partial charge in [0.25, 0.3) is 0 Å². The average Bonchev–Trinajstić information content (AvgIpc) is 2.26. The molecular formula is C10H15NO4. The first-order chi connectivity index (χ1) is 7.10. The van der Waals surface area contributed by atoms with Crippen molar-refractivity contribution < 1.29 is 20.1 Å². The molecule has 0 heterocycles. The molecular weight excluding hydrogens is 198 g/mol. The zero-order chi connectivity index (χ0) is 11.4. The van der Waals surface area contributed by atoms with E-state index in [0.717, 1.165) is 0 Å². The fourth-order valence-corrected chi connectivity index (χ4v) is 1.24. The van der Waals surface area contributed by atoms with E-state index >= 15 is 0 Å². The van der Waals surface area contributed by atoms with Crippen molar-refractivity contribution in [1.29, 1.82) is 0 Å². The maximum atomic E-state index is 9.60. The number of aliphatic hydroxyl groups excluding tert-OH is 2. The zero-order valence-electron chi connectivity index (χ0n) is 8.42. The van der Waals surface area contributed by atoms with Gasteiger partial charge in [-0.05, 0) is 12.1 Å². The lowest BCUT2D eigenvalue weighted by Crippen LogP contribution is -2.27. The van der Waals surface area contributed by atoms with Gasteiger partial charge in [-0.3, -0.25) is 0 Å². The number of phenolic OH excluding ortho intramolecular Hbond substituents is 1. The first kappa shape index (κ1) is 11.8. The molecule has 1 rings (SSSR count). The van der Waals surface area contributed by atoms with E-state index in [1.165, 1.54) is 19.2 Å². The summed E-state index contributed by atoms with van der Waals surface area (Å²) in [6.45, 7) is -0.0768. The summed E-state index contributed by atoms with van der Waals surface area (Å²) in [5.74, 6) is 0.347. The van der Waals surface area contributed by atoms with Gasteiger partial charge >= 0.3 is 0 Å². The molecule has 2 atom stereocenters. The molecule has 15 heavy (non-hydrogen) atoms. The second kappa shape index (κ2) is 4.97. The summed E-state index contributed by atoms with van der Waals surface area (Å²) in [5, 5.41) is 28.5. The lowest BCUT2D eigenvalue weighted by Gasteiger charge is -2.17. The zero-order valence-corrected chi connectivity index (χ0v) is 8.42. The number of rotatable bonds is 4. The van der Waals surface area contributed by atoms with Gasteiger partial charge in [0.05, 0.1) is 13.2 Å². The van der Waals surface area contributed by atoms with E-state index in [-0.39, 0.29) is 17.9 Å². The standard InChI is InChI=1S/C10H15NO4/c1-15-6-2-3-7(8(12)4-6)10(14)9(13)5-11/h2-4,9-10,12-14H,5,11H2,1H3. The minimum Gasteiger partial charge on any atom is -0.507 e. The van der Waals surface area contributed by atoms with Gasteiger partial charge < -0.3 is 25.8 Å². The topological polar surface area (TPSA) is 95.9 Å². The van der Waals surface area contributed by atoms with Crippen molar-refractivity contribution in [2.24, 2.45) is 5.73 Å². The Morgan fingerprint density at radius 3 is 2.53 bits per heavy atom. The summed E-state index contributed by atoms with van der Waals surface area (Å²) in [4.78, 5) is 0. The van der Waals surface area contributed by atoms with Gasteiger partial charge in [-0.2, -0.15) is 0 Å². The molecule has 0 aromatic heterocycles. The van der Waals surface area contributed by atoms with Crippen molar-refractivity contribution in [2.75, 3.05) is 13.7 Å². The number of phenols is 1. The molecule has 0 spiro atoms. The Balaban J connectivity index is 2.95. The molecule has 0 fully saturated rings. The van der Waals surface area contributed by atoms with E-state index in [1.54, 1.807) is 6.07 Å². The van der Waals surface area contributed by atoms with E-state index < -0.39 is 12.2 Å². The molecule has 0 aliphatic rings. The predicted octanol–water partition coefficient (Wildman–Crippen LogP) is -0.246. The molecule has 0 saturated heterocycles. The van der Waals surface area contributed by atoms with Gasteiger partial charge in [-0.1, -0.05) is 0 Å². The summed E-state index contributed by atoms with van der Waals surface area (Å²) < 4.78 is 4.89. The minimum atomic E-state index is -1.19. The normalized spacial score (nSPS) is 14.7. The van der Waals surface area contributed by atoms with Gasteiger partial charge in [0, 0.05) is 18.2 Å². The van der Waals surface area contributed by atoms with Crippen LogP contribution in [0.3, 0.4) is 0 Å². The molecule has 5 heteroatoms. The van der Waals surface area contributed by atoms with Crippen molar-refractivity contribution in [2.45, 2.75) is 12.2 Å². The summed E-state index contributed by atoms with van der Waals surface area (Å²) in [6, 6.07) is 4.43. The first-order valence-electron chi connectivity index (χ1n) is 4.53. The Morgan fingerprint density at radius 2 is 2.07 bits per heavy atom. The molecule has 5 N–H and O–H groups in total. The summed E-state index contributed by atoms with van der Waals surface area (Å²) >= 11 is 0. The van der Waals surface area contributed by atoms with Crippen LogP contribution in [0.1, 0.15) is 11.7 Å². The van der Waals surface area contributed by atoms with Crippen LogP contribution in [-0.2, 0) is 0 Å². The highest BCUT2D eigenvalue weighted by atomic mass is 16.5. The smallest absolute Gasteiger partial charge is 0.125 e. The Hall–Kier alpha value is -1.30. The van der Waals surface area contributed by atoms with E-state index in [0.29, 0.717) is 5.75 Å². The SMILES string of the molecule is COc1ccc(C(O)C(O)CN)c(O)c1. The van der Waals surface area contributed by atoms with Gasteiger partial charge in [-0.25, -0.2) is 0 Å². The van der Waals surface area contributed by atoms with Crippen LogP contribution in [0.15, 0.2) is 18.2 Å². The van der Waals surface area contributed by atoms with Crippen molar-refractivity contribution in [3.8, 4) is 11.5 Å². The second-order valence-electron chi connectivity index (χ2n) is 3.17. The van der Waals surface area contributed by atoms with Crippen LogP contribution < -0.4 is 10.5 Å². The quantitative estimate of drug-likeness (QED) is 0.553. The number of hydrogen-bond acceptors (Lipinski definition) is 5. The van der Waals surface area contributed by atoms with Gasteiger partial charge in [0.1, 0.15) is 17.6 Å². The molecule has 0 radical (unpaired) electrons. The van der Waals surface area contributed by atoms with Crippen LogP contribution in [0.5, 0.6) is 11.5 Å². The largest absolute Gasteiger partial charge is 0.507 e. The number of methoxy groups -OCH3 is 1. The average molecular weight is 213 g/mol. The maximum Gasteiger partial charge on any atom is 0.125 e. The van der Waals surface area contributed by atoms with Crippen LogP contribution in [0.25, 0.3) is 0 Å². The van der Waals surface area contributed by atoms with Crippen molar-refractivity contribution in [1.82, 2.24) is 0 Å². The fraction of sp³-hybridized carbons (Fsp3) is 0.400. The molecule has 5 nitrogen and oxygen atoms in total. The third kappa shape index (κ3) is 2.59. The Kier molecular flexibility index (Phi) is 3.90. The van der Waals surface area contributed by atoms with Crippen LogP contribution in [-0.4, -0.2) is 35.1 Å². The molecule has 84 valence electrons. The number of hydrogen-bond donors (Lipinski definition) is 4. The Labute approximate surface area is 87.7 Å². The third-order valence-corrected chi connectivity index (χ3v) is 2.16. The summed E-state index contributed by atoms with van der Waals surface area (Å²) in [7, 11) is 1.47. The Morgan fingerprint density at radius 1 is 1.40 bits per heavy atom. The van der Waals surface area contributed by atoms with Crippen LogP contribution in [0.2, 0.25) is 0 Å². The molecule has 2 unspecified atom stereocenters. The van der Waals surface area contributed by atoms with Crippen LogP contribution in [0, 0.1) is 0 Å². The number of benzene rings is 1. The second-order valence-corrected chi connectivity index (χ2v) is 3.17. The minimum absolute atomic E-state index is 0.0768. The number of nitrogens with two attached hydrogens (primary N) is 1. The molecule has 0 saturated carbocycles. The monoisotopic (exact) mass is 213 g/mol. The number of ether oxygens (including phenoxy) is 1. The highest BCUT2D eigenvalue weighted by Crippen LogP contribution is 2.29. The predicted molar refractivity (Wildman–Crippen MR) is 54.7 cm³/mol. The lowest BCUT2D eigenvalue weighted by atomic mass is 10.0. The van der Waals surface area contributed by atoms with Gasteiger partial charge in [-0.15, -0.1) is 0 Å². The molecule has 1 aromatic rings. The fourth-order valence-electron chi connectivity index (χ4n) is 1.24. The summed E-state index contributed by atoms with van der Waals surface area (Å²) in [5.41, 5.74) is 5.43. The first-order valence-corrected chi connectivity index (χ1v) is 4.53. The summed E-state index contributed by atoms with van der Waals surface area (Å²) in [6.07, 6.45) is -2.29. The number of aromatic hydroxyl groups is 1. The third-order valence-electron chi connectivity index (χ3n) is 2.16. The van der Waals surface area contributed by atoms with Crippen LogP contribution in [0.4, 0.5) is 0 Å². The van der Waals surface area contributed by atoms with E-state index in [1.807, 2.05) is 0 Å².